The van der Waals surface area contributed by atoms with E-state index in [9.17, 15) is 0 Å². The van der Waals surface area contributed by atoms with E-state index in [0.717, 1.165) is 17.0 Å². The first-order valence-electron chi connectivity index (χ1n) is 9.71. The average Bonchev–Trinajstić information content (AvgIpc) is 3.19. The molecule has 0 fully saturated rings. The number of oxazole rings is 1. The van der Waals surface area contributed by atoms with Crippen LogP contribution in [0.4, 0.5) is 0 Å². The second-order valence-corrected chi connectivity index (χ2v) is 9.07. The number of hydrogen-bond donors (Lipinski definition) is 0. The highest BCUT2D eigenvalue weighted by molar-refractivity contribution is 8.93. The molecule has 4 heteroatoms. The van der Waals surface area contributed by atoms with E-state index in [0.29, 0.717) is 6.42 Å². The molecule has 0 bridgehead atoms. The molecule has 5 rings (SSSR count). The molecule has 4 aromatic carbocycles. The Balaban J connectivity index is 0.00000218. The van der Waals surface area contributed by atoms with Crippen LogP contribution in [0, 0.1) is 0 Å². The molecule has 1 heterocycles. The fourth-order valence-corrected chi connectivity index (χ4v) is 6.09. The lowest BCUT2D eigenvalue weighted by atomic mass is 10.1. The van der Waals surface area contributed by atoms with Crippen molar-refractivity contribution in [2.24, 2.45) is 0 Å². The summed E-state index contributed by atoms with van der Waals surface area (Å²) in [5, 5.41) is 4.04. The van der Waals surface area contributed by atoms with Crippen LogP contribution in [-0.4, -0.2) is 4.98 Å². The minimum atomic E-state index is -0.656. The summed E-state index contributed by atoms with van der Waals surface area (Å²) in [6.45, 7) is 0. The molecule has 0 aliphatic carbocycles. The molecule has 0 spiro atoms. The minimum Gasteiger partial charge on any atom is -0.440 e. The van der Waals surface area contributed by atoms with Crippen LogP contribution in [0.3, 0.4) is 0 Å². The van der Waals surface area contributed by atoms with E-state index >= 15 is 0 Å². The van der Waals surface area contributed by atoms with Crippen LogP contribution in [0.1, 0.15) is 11.5 Å². The maximum Gasteiger partial charge on any atom is 0.199 e. The molecule has 0 saturated heterocycles. The number of fused-ring (bicyclic) bond motifs is 1. The molecule has 5 aromatic rings. The average molecular weight is 474 g/mol. The Morgan fingerprint density at radius 1 is 0.633 bits per heavy atom. The summed E-state index contributed by atoms with van der Waals surface area (Å²) >= 11 is 0. The van der Waals surface area contributed by atoms with Crippen LogP contribution in [0.15, 0.2) is 114 Å². The van der Waals surface area contributed by atoms with Crippen molar-refractivity contribution in [2.45, 2.75) is 6.42 Å². The second-order valence-electron chi connectivity index (χ2n) is 6.89. The number of hydrogen-bond acceptors (Lipinski definition) is 2. The predicted octanol–water partition coefficient (Wildman–Crippen LogP) is 5.75. The topological polar surface area (TPSA) is 26.0 Å². The highest BCUT2D eigenvalue weighted by Gasteiger charge is 2.20. The Morgan fingerprint density at radius 3 is 1.87 bits per heavy atom. The zero-order valence-electron chi connectivity index (χ0n) is 16.3. The highest BCUT2D eigenvalue weighted by atomic mass is 79.9. The van der Waals surface area contributed by atoms with Crippen LogP contribution >= 0.6 is 24.9 Å². The van der Waals surface area contributed by atoms with E-state index in [1.54, 1.807) is 0 Å². The lowest BCUT2D eigenvalue weighted by molar-refractivity contribution is 0.544. The van der Waals surface area contributed by atoms with Gasteiger partial charge < -0.3 is 4.42 Å². The highest BCUT2D eigenvalue weighted by Crippen LogP contribution is 2.34. The van der Waals surface area contributed by atoms with Gasteiger partial charge in [0.05, 0.1) is 6.42 Å². The number of benzene rings is 4. The fourth-order valence-electron chi connectivity index (χ4n) is 3.62. The number of halogens is 1. The normalized spacial score (nSPS) is 10.8. The predicted molar refractivity (Wildman–Crippen MR) is 132 cm³/mol. The lowest BCUT2D eigenvalue weighted by Crippen LogP contribution is -2.23. The van der Waals surface area contributed by atoms with Crippen LogP contribution in [0.25, 0.3) is 11.1 Å². The van der Waals surface area contributed by atoms with Crippen molar-refractivity contribution in [3.8, 4) is 0 Å². The van der Waals surface area contributed by atoms with E-state index in [1.807, 2.05) is 24.3 Å². The summed E-state index contributed by atoms with van der Waals surface area (Å²) in [6.07, 6.45) is 0.684. The summed E-state index contributed by atoms with van der Waals surface area (Å²) in [5.74, 6) is 0.759. The van der Waals surface area contributed by atoms with E-state index in [4.69, 9.17) is 9.40 Å². The van der Waals surface area contributed by atoms with Gasteiger partial charge >= 0.3 is 0 Å². The molecule has 0 atom stereocenters. The Hall–Kier alpha value is -2.74. The minimum absolute atomic E-state index is 0. The molecule has 0 N–H and O–H groups in total. The molecule has 0 unspecified atom stereocenters. The summed E-state index contributed by atoms with van der Waals surface area (Å²) in [7, 11) is -0.656. The first-order valence-corrected chi connectivity index (χ1v) is 11.1. The van der Waals surface area contributed by atoms with Gasteiger partial charge in [0.15, 0.2) is 11.5 Å². The maximum absolute atomic E-state index is 6.01. The van der Waals surface area contributed by atoms with Crippen molar-refractivity contribution in [3.05, 3.63) is 121 Å². The molecule has 0 amide bonds. The van der Waals surface area contributed by atoms with Crippen molar-refractivity contribution in [1.29, 1.82) is 0 Å². The molecule has 0 saturated carbocycles. The number of aromatic nitrogens is 1. The van der Waals surface area contributed by atoms with Crippen molar-refractivity contribution in [2.75, 3.05) is 0 Å². The molecular weight excluding hydrogens is 453 g/mol. The number of rotatable bonds is 5. The molecule has 30 heavy (non-hydrogen) atoms. The summed E-state index contributed by atoms with van der Waals surface area (Å²) in [6, 6.07) is 38.2. The SMILES string of the molecule is Br.c1ccc(P(c2ccccc2)c2ccccc2Cc2nc3ccccc3o2)cc1. The standard InChI is InChI=1S/C26H20NOP.BrH/c1-3-12-21(13-4-1)29(22-14-5-2-6-15-22)25-18-10-7-11-20(25)19-26-27-23-16-8-9-17-24(23)28-26;/h1-18H,19H2;1H. The molecular formula is C26H21BrNOP. The van der Waals surface area contributed by atoms with Crippen molar-refractivity contribution < 1.29 is 4.42 Å². The van der Waals surface area contributed by atoms with Crippen LogP contribution in [0.2, 0.25) is 0 Å². The van der Waals surface area contributed by atoms with Crippen LogP contribution < -0.4 is 15.9 Å². The van der Waals surface area contributed by atoms with E-state index in [-0.39, 0.29) is 17.0 Å². The number of nitrogens with zero attached hydrogens (tertiary/aromatic N) is 1. The third kappa shape index (κ3) is 4.23. The fraction of sp³-hybridized carbons (Fsp3) is 0.0385. The third-order valence-electron chi connectivity index (χ3n) is 4.94. The third-order valence-corrected chi connectivity index (χ3v) is 7.49. The van der Waals surface area contributed by atoms with Crippen molar-refractivity contribution >= 4 is 51.9 Å². The van der Waals surface area contributed by atoms with Gasteiger partial charge in [-0.25, -0.2) is 4.98 Å². The largest absolute Gasteiger partial charge is 0.440 e. The number of para-hydroxylation sites is 2. The quantitative estimate of drug-likeness (QED) is 0.303. The van der Waals surface area contributed by atoms with Gasteiger partial charge in [-0.05, 0) is 41.5 Å². The zero-order valence-corrected chi connectivity index (χ0v) is 18.9. The summed E-state index contributed by atoms with van der Waals surface area (Å²) in [5.41, 5.74) is 3.01. The van der Waals surface area contributed by atoms with Crippen molar-refractivity contribution in [3.63, 3.8) is 0 Å². The summed E-state index contributed by atoms with van der Waals surface area (Å²) in [4.78, 5) is 4.69. The van der Waals surface area contributed by atoms with Gasteiger partial charge in [-0.15, -0.1) is 17.0 Å². The van der Waals surface area contributed by atoms with Crippen LogP contribution in [-0.2, 0) is 6.42 Å². The van der Waals surface area contributed by atoms with Gasteiger partial charge in [0.1, 0.15) is 5.52 Å². The van der Waals surface area contributed by atoms with Gasteiger partial charge in [0.2, 0.25) is 0 Å². The smallest absolute Gasteiger partial charge is 0.199 e. The van der Waals surface area contributed by atoms with E-state index in [2.05, 4.69) is 84.9 Å². The summed E-state index contributed by atoms with van der Waals surface area (Å²) < 4.78 is 6.01. The van der Waals surface area contributed by atoms with Gasteiger partial charge in [0.25, 0.3) is 0 Å². The van der Waals surface area contributed by atoms with E-state index < -0.39 is 7.92 Å². The molecule has 0 aliphatic heterocycles. The molecule has 2 nitrogen and oxygen atoms in total. The zero-order chi connectivity index (χ0) is 19.5. The monoisotopic (exact) mass is 473 g/mol. The van der Waals surface area contributed by atoms with Crippen molar-refractivity contribution in [1.82, 2.24) is 4.98 Å². The molecule has 1 aromatic heterocycles. The second kappa shape index (κ2) is 9.38. The van der Waals surface area contributed by atoms with E-state index in [1.165, 1.54) is 21.5 Å². The van der Waals surface area contributed by atoms with Gasteiger partial charge in [0, 0.05) is 0 Å². The Kier molecular flexibility index (Phi) is 6.42. The molecule has 148 valence electrons. The lowest BCUT2D eigenvalue weighted by Gasteiger charge is -2.22. The molecule has 0 radical (unpaired) electrons. The first kappa shape index (κ1) is 20.5. The Labute approximate surface area is 188 Å². The van der Waals surface area contributed by atoms with Gasteiger partial charge in [-0.3, -0.25) is 0 Å². The Bertz CT molecular complexity index is 1170. The van der Waals surface area contributed by atoms with Gasteiger partial charge in [-0.1, -0.05) is 97.1 Å². The van der Waals surface area contributed by atoms with Gasteiger partial charge in [-0.2, -0.15) is 0 Å². The Morgan fingerprint density at radius 2 is 1.20 bits per heavy atom. The maximum atomic E-state index is 6.01. The first-order chi connectivity index (χ1) is 14.4. The molecule has 0 aliphatic rings. The van der Waals surface area contributed by atoms with Crippen LogP contribution in [0.5, 0.6) is 0 Å².